The summed E-state index contributed by atoms with van der Waals surface area (Å²) in [5, 5.41) is 11.1. The van der Waals surface area contributed by atoms with Crippen LogP contribution in [0.15, 0.2) is 24.4 Å². The van der Waals surface area contributed by atoms with E-state index in [0.717, 1.165) is 6.08 Å². The van der Waals surface area contributed by atoms with E-state index in [2.05, 4.69) is 10.3 Å². The fourth-order valence-electron chi connectivity index (χ4n) is 1.20. The first-order chi connectivity index (χ1) is 8.99. The van der Waals surface area contributed by atoms with Crippen LogP contribution in [0.1, 0.15) is 16.1 Å². The van der Waals surface area contributed by atoms with Gasteiger partial charge in [-0.25, -0.2) is 4.79 Å². The second-order valence-electron chi connectivity index (χ2n) is 3.68. The molecule has 6 nitrogen and oxygen atoms in total. The summed E-state index contributed by atoms with van der Waals surface area (Å²) in [6.07, 6.45) is 5.35. The van der Waals surface area contributed by atoms with Crippen LogP contribution in [0, 0.1) is 0 Å². The predicted molar refractivity (Wildman–Crippen MR) is 72.2 cm³/mol. The summed E-state index contributed by atoms with van der Waals surface area (Å²) in [5.41, 5.74) is 0.822. The molecule has 0 saturated heterocycles. The van der Waals surface area contributed by atoms with Crippen molar-refractivity contribution in [1.82, 2.24) is 10.3 Å². The molecule has 0 spiro atoms. The number of aliphatic carboxylic acids is 1. The van der Waals surface area contributed by atoms with E-state index in [0.29, 0.717) is 17.9 Å². The summed E-state index contributed by atoms with van der Waals surface area (Å²) in [6.45, 7) is 0.324. The van der Waals surface area contributed by atoms with Gasteiger partial charge in [-0.1, -0.05) is 6.07 Å². The molecule has 0 aliphatic carbocycles. The summed E-state index contributed by atoms with van der Waals surface area (Å²) in [4.78, 5) is 25.9. The Hall–Kier alpha value is -2.02. The molecular weight excluding hydrogens is 268 g/mol. The molecule has 0 aromatic carbocycles. The first kappa shape index (κ1) is 15.0. The highest BCUT2D eigenvalue weighted by Crippen LogP contribution is 2.02. The lowest BCUT2D eigenvalue weighted by Crippen LogP contribution is -2.28. The van der Waals surface area contributed by atoms with Crippen LogP contribution in [0.2, 0.25) is 0 Å². The van der Waals surface area contributed by atoms with Crippen LogP contribution in [0.3, 0.4) is 0 Å². The lowest BCUT2D eigenvalue weighted by atomic mass is 10.2. The van der Waals surface area contributed by atoms with E-state index in [1.54, 1.807) is 12.3 Å². The maximum absolute atomic E-state index is 11.6. The second-order valence-corrected chi connectivity index (χ2v) is 5.24. The number of nitrogens with one attached hydrogen (secondary N) is 1. The van der Waals surface area contributed by atoms with Crippen molar-refractivity contribution in [2.45, 2.75) is 0 Å². The molecule has 0 saturated carbocycles. The quantitative estimate of drug-likeness (QED) is 0.731. The number of pyridine rings is 1. The SMILES string of the molecule is CS(=O)CCNC(=O)c1ccc(/C=C/C(=O)O)cn1. The molecule has 7 heteroatoms. The van der Waals surface area contributed by atoms with Crippen molar-refractivity contribution in [3.05, 3.63) is 35.7 Å². The maximum atomic E-state index is 11.6. The Labute approximate surface area is 113 Å². The van der Waals surface area contributed by atoms with E-state index in [9.17, 15) is 13.8 Å². The number of hydrogen-bond donors (Lipinski definition) is 2. The first-order valence-corrected chi connectivity index (χ1v) is 7.17. The molecule has 1 aromatic rings. The van der Waals surface area contributed by atoms with E-state index >= 15 is 0 Å². The average molecular weight is 282 g/mol. The fourth-order valence-corrected chi connectivity index (χ4v) is 1.59. The molecule has 1 heterocycles. The minimum Gasteiger partial charge on any atom is -0.478 e. The molecule has 2 N–H and O–H groups in total. The van der Waals surface area contributed by atoms with Crippen molar-refractivity contribution in [2.24, 2.45) is 0 Å². The van der Waals surface area contributed by atoms with Gasteiger partial charge in [0.1, 0.15) is 5.69 Å². The second kappa shape index (κ2) is 7.42. The summed E-state index contributed by atoms with van der Waals surface area (Å²) in [5.74, 6) is -1.00. The van der Waals surface area contributed by atoms with Gasteiger partial charge in [-0.2, -0.15) is 0 Å². The van der Waals surface area contributed by atoms with Crippen molar-refractivity contribution in [2.75, 3.05) is 18.6 Å². The Morgan fingerprint density at radius 1 is 1.47 bits per heavy atom. The van der Waals surface area contributed by atoms with Gasteiger partial charge in [0.25, 0.3) is 5.91 Å². The van der Waals surface area contributed by atoms with Crippen LogP contribution >= 0.6 is 0 Å². The number of amides is 1. The van der Waals surface area contributed by atoms with Crippen LogP contribution in [-0.2, 0) is 15.6 Å². The number of rotatable bonds is 6. The van der Waals surface area contributed by atoms with E-state index in [-0.39, 0.29) is 11.6 Å². The number of carboxylic acid groups (broad SMARTS) is 1. The maximum Gasteiger partial charge on any atom is 0.328 e. The van der Waals surface area contributed by atoms with Crippen LogP contribution < -0.4 is 5.32 Å². The summed E-state index contributed by atoms with van der Waals surface area (Å²) < 4.78 is 10.8. The van der Waals surface area contributed by atoms with Crippen molar-refractivity contribution in [3.8, 4) is 0 Å². The molecule has 0 aliphatic rings. The number of carboxylic acids is 1. The van der Waals surface area contributed by atoms with Gasteiger partial charge in [-0.05, 0) is 17.7 Å². The molecule has 19 heavy (non-hydrogen) atoms. The number of carbonyl (C=O) groups excluding carboxylic acids is 1. The Bertz CT molecular complexity index is 511. The normalized spacial score (nSPS) is 12.3. The van der Waals surface area contributed by atoms with Gasteiger partial charge in [0, 0.05) is 41.6 Å². The molecule has 1 amide bonds. The third-order valence-corrected chi connectivity index (χ3v) is 2.89. The zero-order chi connectivity index (χ0) is 14.3. The van der Waals surface area contributed by atoms with E-state index < -0.39 is 16.8 Å². The Balaban J connectivity index is 2.58. The highest BCUT2D eigenvalue weighted by Gasteiger charge is 2.06. The third kappa shape index (κ3) is 5.91. The van der Waals surface area contributed by atoms with Crippen LogP contribution in [0.4, 0.5) is 0 Å². The Kier molecular flexibility index (Phi) is 5.87. The molecule has 0 bridgehead atoms. The topological polar surface area (TPSA) is 96.4 Å². The van der Waals surface area contributed by atoms with Gasteiger partial charge in [0.15, 0.2) is 0 Å². The van der Waals surface area contributed by atoms with Gasteiger partial charge in [0.2, 0.25) is 0 Å². The Morgan fingerprint density at radius 3 is 2.74 bits per heavy atom. The highest BCUT2D eigenvalue weighted by molar-refractivity contribution is 7.84. The number of hydrogen-bond acceptors (Lipinski definition) is 4. The molecule has 0 radical (unpaired) electrons. The van der Waals surface area contributed by atoms with Gasteiger partial charge in [-0.3, -0.25) is 14.0 Å². The molecule has 0 fully saturated rings. The zero-order valence-corrected chi connectivity index (χ0v) is 11.1. The van der Waals surface area contributed by atoms with E-state index in [1.165, 1.54) is 18.3 Å². The van der Waals surface area contributed by atoms with Crippen LogP contribution in [-0.4, -0.2) is 44.7 Å². The molecule has 1 rings (SSSR count). The van der Waals surface area contributed by atoms with Crippen molar-refractivity contribution in [1.29, 1.82) is 0 Å². The van der Waals surface area contributed by atoms with Crippen molar-refractivity contribution >= 4 is 28.8 Å². The molecule has 0 aliphatic heterocycles. The lowest BCUT2D eigenvalue weighted by Gasteiger charge is -2.03. The highest BCUT2D eigenvalue weighted by atomic mass is 32.2. The first-order valence-electron chi connectivity index (χ1n) is 5.44. The molecule has 1 unspecified atom stereocenters. The standard InChI is InChI=1S/C12H14N2O4S/c1-19(18)7-6-13-12(17)10-4-2-9(8-14-10)3-5-11(15)16/h2-5,8H,6-7H2,1H3,(H,13,17)(H,15,16)/b5-3+. The fraction of sp³-hybridized carbons (Fsp3) is 0.250. The Morgan fingerprint density at radius 2 is 2.21 bits per heavy atom. The van der Waals surface area contributed by atoms with Gasteiger partial charge in [-0.15, -0.1) is 0 Å². The largest absolute Gasteiger partial charge is 0.478 e. The number of nitrogens with zero attached hydrogens (tertiary/aromatic N) is 1. The smallest absolute Gasteiger partial charge is 0.328 e. The van der Waals surface area contributed by atoms with Gasteiger partial charge < -0.3 is 10.4 Å². The molecule has 1 atom stereocenters. The van der Waals surface area contributed by atoms with E-state index in [4.69, 9.17) is 5.11 Å². The summed E-state index contributed by atoms with van der Waals surface area (Å²) in [7, 11) is -0.949. The number of carbonyl (C=O) groups is 2. The van der Waals surface area contributed by atoms with Crippen LogP contribution in [0.25, 0.3) is 6.08 Å². The minimum absolute atomic E-state index is 0.231. The third-order valence-electron chi connectivity index (χ3n) is 2.11. The van der Waals surface area contributed by atoms with E-state index in [1.807, 2.05) is 0 Å². The van der Waals surface area contributed by atoms with Crippen molar-refractivity contribution in [3.63, 3.8) is 0 Å². The lowest BCUT2D eigenvalue weighted by molar-refractivity contribution is -0.131. The monoisotopic (exact) mass is 282 g/mol. The molecular formula is C12H14N2O4S. The number of aromatic nitrogens is 1. The van der Waals surface area contributed by atoms with Crippen LogP contribution in [0.5, 0.6) is 0 Å². The summed E-state index contributed by atoms with van der Waals surface area (Å²) in [6, 6.07) is 3.10. The zero-order valence-electron chi connectivity index (χ0n) is 10.3. The minimum atomic E-state index is -1.05. The molecule has 1 aromatic heterocycles. The van der Waals surface area contributed by atoms with Gasteiger partial charge in [0.05, 0.1) is 0 Å². The molecule has 102 valence electrons. The average Bonchev–Trinajstić information content (AvgIpc) is 2.36. The summed E-state index contributed by atoms with van der Waals surface area (Å²) >= 11 is 0. The van der Waals surface area contributed by atoms with Crippen molar-refractivity contribution < 1.29 is 18.9 Å². The predicted octanol–water partition coefficient (Wildman–Crippen LogP) is 0.288. The van der Waals surface area contributed by atoms with Gasteiger partial charge >= 0.3 is 5.97 Å².